The van der Waals surface area contributed by atoms with Crippen molar-refractivity contribution < 1.29 is 14.3 Å². The number of benzene rings is 1. The number of halogens is 1. The quantitative estimate of drug-likeness (QED) is 0.285. The molecule has 0 radical (unpaired) electrons. The molecule has 8 heteroatoms. The number of carbonyl (C=O) groups excluding carboxylic acids is 1. The smallest absolute Gasteiger partial charge is 0.407 e. The summed E-state index contributed by atoms with van der Waals surface area (Å²) in [5, 5.41) is 5.92. The van der Waals surface area contributed by atoms with Gasteiger partial charge in [0.1, 0.15) is 11.4 Å². The third-order valence-corrected chi connectivity index (χ3v) is 3.25. The Morgan fingerprint density at radius 3 is 2.38 bits per heavy atom. The van der Waals surface area contributed by atoms with Crippen LogP contribution in [0.1, 0.15) is 26.3 Å². The largest absolute Gasteiger partial charge is 0.496 e. The first-order valence-corrected chi connectivity index (χ1v) is 8.27. The van der Waals surface area contributed by atoms with Crippen molar-refractivity contribution in [3.8, 4) is 5.75 Å². The molecule has 2 N–H and O–H groups in total. The second kappa shape index (κ2) is 11.8. The van der Waals surface area contributed by atoms with E-state index >= 15 is 0 Å². The minimum atomic E-state index is -0.498. The zero-order valence-electron chi connectivity index (χ0n) is 16.5. The first-order chi connectivity index (χ1) is 11.8. The normalized spacial score (nSPS) is 11.2. The van der Waals surface area contributed by atoms with Crippen molar-refractivity contribution in [2.24, 2.45) is 4.99 Å². The Morgan fingerprint density at radius 1 is 1.19 bits per heavy atom. The highest BCUT2D eigenvalue weighted by atomic mass is 127. The number of guanidine groups is 1. The molecule has 0 fully saturated rings. The standard InChI is InChI=1S/C18H30N4O3.HI/c1-18(2,3)25-17(23)21-12-11-20-16(19-4)22(5)13-14-9-7-8-10-15(14)24-6;/h7-10H,11-13H2,1-6H3,(H,19,20)(H,21,23);1H. The molecule has 26 heavy (non-hydrogen) atoms. The highest BCUT2D eigenvalue weighted by Crippen LogP contribution is 2.18. The Labute approximate surface area is 173 Å². The number of alkyl carbamates (subject to hydrolysis) is 1. The molecule has 1 aromatic carbocycles. The average Bonchev–Trinajstić information content (AvgIpc) is 2.53. The molecule has 1 rings (SSSR count). The van der Waals surface area contributed by atoms with Crippen LogP contribution in [0.15, 0.2) is 29.3 Å². The molecule has 0 aliphatic heterocycles. The van der Waals surface area contributed by atoms with Gasteiger partial charge in [0.15, 0.2) is 5.96 Å². The van der Waals surface area contributed by atoms with Gasteiger partial charge in [-0.25, -0.2) is 4.79 Å². The first-order valence-electron chi connectivity index (χ1n) is 8.27. The minimum absolute atomic E-state index is 0. The molecule has 0 atom stereocenters. The number of carbonyl (C=O) groups is 1. The lowest BCUT2D eigenvalue weighted by Gasteiger charge is -2.23. The highest BCUT2D eigenvalue weighted by Gasteiger charge is 2.15. The number of hydrogen-bond donors (Lipinski definition) is 2. The summed E-state index contributed by atoms with van der Waals surface area (Å²) in [4.78, 5) is 17.9. The molecule has 0 aliphatic rings. The lowest BCUT2D eigenvalue weighted by Crippen LogP contribution is -2.43. The van der Waals surface area contributed by atoms with E-state index in [1.165, 1.54) is 0 Å². The summed E-state index contributed by atoms with van der Waals surface area (Å²) in [5.41, 5.74) is 0.574. The number of amides is 1. The van der Waals surface area contributed by atoms with Crippen LogP contribution in [0.2, 0.25) is 0 Å². The van der Waals surface area contributed by atoms with Crippen LogP contribution in [-0.2, 0) is 11.3 Å². The van der Waals surface area contributed by atoms with Gasteiger partial charge in [-0.2, -0.15) is 0 Å². The summed E-state index contributed by atoms with van der Waals surface area (Å²) in [6, 6.07) is 7.88. The van der Waals surface area contributed by atoms with Gasteiger partial charge in [-0.1, -0.05) is 18.2 Å². The number of ether oxygens (including phenoxy) is 2. The van der Waals surface area contributed by atoms with Gasteiger partial charge in [0, 0.05) is 39.3 Å². The minimum Gasteiger partial charge on any atom is -0.496 e. The van der Waals surface area contributed by atoms with Crippen LogP contribution in [0.25, 0.3) is 0 Å². The van der Waals surface area contributed by atoms with Crippen LogP contribution in [0.5, 0.6) is 5.75 Å². The van der Waals surface area contributed by atoms with Crippen molar-refractivity contribution in [3.05, 3.63) is 29.8 Å². The van der Waals surface area contributed by atoms with Gasteiger partial charge in [-0.15, -0.1) is 24.0 Å². The molecule has 7 nitrogen and oxygen atoms in total. The lowest BCUT2D eigenvalue weighted by atomic mass is 10.2. The van der Waals surface area contributed by atoms with E-state index in [0.717, 1.165) is 17.3 Å². The van der Waals surface area contributed by atoms with E-state index < -0.39 is 11.7 Å². The van der Waals surface area contributed by atoms with Crippen LogP contribution in [-0.4, -0.2) is 56.8 Å². The Morgan fingerprint density at radius 2 is 1.81 bits per heavy atom. The molecule has 0 bridgehead atoms. The van der Waals surface area contributed by atoms with E-state index in [0.29, 0.717) is 19.6 Å². The third-order valence-electron chi connectivity index (χ3n) is 3.25. The van der Waals surface area contributed by atoms with Crippen LogP contribution in [0, 0.1) is 0 Å². The average molecular weight is 478 g/mol. The van der Waals surface area contributed by atoms with Crippen molar-refractivity contribution in [1.29, 1.82) is 0 Å². The third kappa shape index (κ3) is 9.12. The van der Waals surface area contributed by atoms with Crippen LogP contribution < -0.4 is 15.4 Å². The van der Waals surface area contributed by atoms with Gasteiger partial charge in [-0.3, -0.25) is 4.99 Å². The second-order valence-electron chi connectivity index (χ2n) is 6.57. The molecule has 0 unspecified atom stereocenters. The number of para-hydroxylation sites is 1. The van der Waals surface area contributed by atoms with Crippen LogP contribution in [0.4, 0.5) is 4.79 Å². The fraction of sp³-hybridized carbons (Fsp3) is 0.556. The number of methoxy groups -OCH3 is 1. The zero-order chi connectivity index (χ0) is 18.9. The van der Waals surface area contributed by atoms with Crippen molar-refractivity contribution in [3.63, 3.8) is 0 Å². The van der Waals surface area contributed by atoms with Gasteiger partial charge < -0.3 is 25.0 Å². The van der Waals surface area contributed by atoms with Gasteiger partial charge in [0.2, 0.25) is 0 Å². The van der Waals surface area contributed by atoms with Crippen LogP contribution >= 0.6 is 24.0 Å². The van der Waals surface area contributed by atoms with Gasteiger partial charge >= 0.3 is 6.09 Å². The molecule has 0 spiro atoms. The molecule has 0 saturated carbocycles. The number of hydrogen-bond acceptors (Lipinski definition) is 4. The first kappa shape index (κ1) is 24.3. The van der Waals surface area contributed by atoms with Crippen LogP contribution in [0.3, 0.4) is 0 Å². The zero-order valence-corrected chi connectivity index (χ0v) is 18.8. The van der Waals surface area contributed by atoms with E-state index in [1.54, 1.807) is 14.2 Å². The summed E-state index contributed by atoms with van der Waals surface area (Å²) in [6.07, 6.45) is -0.424. The highest BCUT2D eigenvalue weighted by molar-refractivity contribution is 14.0. The van der Waals surface area contributed by atoms with E-state index in [2.05, 4.69) is 15.6 Å². The summed E-state index contributed by atoms with van der Waals surface area (Å²) >= 11 is 0. The predicted molar refractivity (Wildman–Crippen MR) is 115 cm³/mol. The van der Waals surface area contributed by atoms with Crippen molar-refractivity contribution in [2.75, 3.05) is 34.3 Å². The Kier molecular flexibility index (Phi) is 11.0. The van der Waals surface area contributed by atoms with E-state index in [9.17, 15) is 4.79 Å². The van der Waals surface area contributed by atoms with E-state index in [-0.39, 0.29) is 24.0 Å². The maximum atomic E-state index is 11.6. The fourth-order valence-electron chi connectivity index (χ4n) is 2.20. The molecule has 0 aromatic heterocycles. The fourth-order valence-corrected chi connectivity index (χ4v) is 2.20. The summed E-state index contributed by atoms with van der Waals surface area (Å²) in [7, 11) is 5.33. The SMILES string of the molecule is CN=C(NCCNC(=O)OC(C)(C)C)N(C)Cc1ccccc1OC.I. The molecule has 0 saturated heterocycles. The van der Waals surface area contributed by atoms with Crippen molar-refractivity contribution in [1.82, 2.24) is 15.5 Å². The lowest BCUT2D eigenvalue weighted by molar-refractivity contribution is 0.0529. The molecule has 1 aromatic rings. The molecule has 1 amide bonds. The Balaban J connectivity index is 0.00000625. The van der Waals surface area contributed by atoms with Crippen molar-refractivity contribution in [2.45, 2.75) is 32.9 Å². The summed E-state index contributed by atoms with van der Waals surface area (Å²) in [6.45, 7) is 7.14. The Hall–Kier alpha value is -1.71. The number of rotatable bonds is 6. The molecular weight excluding hydrogens is 447 g/mol. The number of nitrogens with zero attached hydrogens (tertiary/aromatic N) is 2. The van der Waals surface area contributed by atoms with Gasteiger partial charge in [0.05, 0.1) is 7.11 Å². The number of aliphatic imine (C=N–C) groups is 1. The maximum Gasteiger partial charge on any atom is 0.407 e. The predicted octanol–water partition coefficient (Wildman–Crippen LogP) is 2.85. The maximum absolute atomic E-state index is 11.6. The molecular formula is C18H31IN4O3. The molecule has 0 aliphatic carbocycles. The summed E-state index contributed by atoms with van der Waals surface area (Å²) in [5.74, 6) is 1.58. The topological polar surface area (TPSA) is 75.2 Å². The molecule has 148 valence electrons. The molecule has 0 heterocycles. The summed E-state index contributed by atoms with van der Waals surface area (Å²) < 4.78 is 10.6. The Bertz CT molecular complexity index is 588. The van der Waals surface area contributed by atoms with Gasteiger partial charge in [0.25, 0.3) is 0 Å². The van der Waals surface area contributed by atoms with E-state index in [4.69, 9.17) is 9.47 Å². The monoisotopic (exact) mass is 478 g/mol. The van der Waals surface area contributed by atoms with Gasteiger partial charge in [-0.05, 0) is 26.8 Å². The van der Waals surface area contributed by atoms with Crippen molar-refractivity contribution >= 4 is 36.0 Å². The number of nitrogens with one attached hydrogen (secondary N) is 2. The van der Waals surface area contributed by atoms with E-state index in [1.807, 2.05) is 57.0 Å². The second-order valence-corrected chi connectivity index (χ2v) is 6.57.